The van der Waals surface area contributed by atoms with Gasteiger partial charge in [-0.2, -0.15) is 0 Å². The Balaban J connectivity index is 2.26. The summed E-state index contributed by atoms with van der Waals surface area (Å²) in [5.41, 5.74) is 1.20. The summed E-state index contributed by atoms with van der Waals surface area (Å²) in [4.78, 5) is 2.15. The van der Waals surface area contributed by atoms with Gasteiger partial charge in [0.25, 0.3) is 0 Å². The van der Waals surface area contributed by atoms with Gasteiger partial charge in [-0.3, -0.25) is 4.90 Å². The lowest BCUT2D eigenvalue weighted by molar-refractivity contribution is -0.00224. The summed E-state index contributed by atoms with van der Waals surface area (Å²) in [6.07, 6.45) is -0.0558. The van der Waals surface area contributed by atoms with Gasteiger partial charge in [0.15, 0.2) is 0 Å². The maximum Gasteiger partial charge on any atom is 0.108 e. The highest BCUT2D eigenvalue weighted by atomic mass is 16.5. The molecule has 1 saturated heterocycles. The zero-order chi connectivity index (χ0) is 10.8. The Kier molecular flexibility index (Phi) is 3.05. The number of hydrogen-bond donors (Lipinski definition) is 1. The summed E-state index contributed by atoms with van der Waals surface area (Å²) in [5, 5.41) is 9.28. The number of nitrogens with zero attached hydrogens (tertiary/aromatic N) is 1. The molecule has 1 N–H and O–H groups in total. The summed E-state index contributed by atoms with van der Waals surface area (Å²) < 4.78 is 5.67. The molecule has 3 atom stereocenters. The Hall–Kier alpha value is -0.900. The molecule has 1 fully saturated rings. The third kappa shape index (κ3) is 1.91. The van der Waals surface area contributed by atoms with E-state index in [0.29, 0.717) is 0 Å². The number of aliphatic hydroxyl groups excluding tert-OH is 1. The fourth-order valence-corrected chi connectivity index (χ4v) is 2.15. The molecule has 0 amide bonds. The number of likely N-dealkylation sites (N-methyl/N-ethyl adjacent to an activating group) is 1. The Morgan fingerprint density at radius 1 is 1.33 bits per heavy atom. The molecule has 1 heterocycles. The van der Waals surface area contributed by atoms with Gasteiger partial charge in [0.1, 0.15) is 12.3 Å². The zero-order valence-electron chi connectivity index (χ0n) is 9.13. The second-order valence-electron chi connectivity index (χ2n) is 3.98. The van der Waals surface area contributed by atoms with Gasteiger partial charge in [0, 0.05) is 0 Å². The molecule has 1 aromatic rings. The van der Waals surface area contributed by atoms with Crippen LogP contribution in [0.15, 0.2) is 30.3 Å². The largest absolute Gasteiger partial charge is 0.394 e. The molecule has 0 bridgehead atoms. The van der Waals surface area contributed by atoms with Crippen molar-refractivity contribution in [2.24, 2.45) is 0 Å². The average Bonchev–Trinajstić information content (AvgIpc) is 2.56. The van der Waals surface area contributed by atoms with E-state index < -0.39 is 0 Å². The molecule has 0 saturated carbocycles. The van der Waals surface area contributed by atoms with Gasteiger partial charge in [-0.05, 0) is 19.5 Å². The quantitative estimate of drug-likeness (QED) is 0.795. The van der Waals surface area contributed by atoms with Gasteiger partial charge < -0.3 is 9.84 Å². The minimum atomic E-state index is -0.118. The number of aliphatic hydroxyl groups is 1. The standard InChI is InChI=1S/C12H17NO2/c1-9-13(2)12(11(8-14)15-9)10-6-4-3-5-7-10/h3-7,9,11-12,14H,8H2,1-2H3/t9?,11-,12+/m0/s1. The predicted molar refractivity (Wildman–Crippen MR) is 58.4 cm³/mol. The first-order chi connectivity index (χ1) is 7.24. The highest BCUT2D eigenvalue weighted by Crippen LogP contribution is 2.33. The molecule has 1 aliphatic heterocycles. The first-order valence-electron chi connectivity index (χ1n) is 5.27. The minimum absolute atomic E-state index is 0.0624. The minimum Gasteiger partial charge on any atom is -0.394 e. The maximum absolute atomic E-state index is 9.28. The predicted octanol–water partition coefficient (Wildman–Crippen LogP) is 1.40. The van der Waals surface area contributed by atoms with Crippen LogP contribution in [0.25, 0.3) is 0 Å². The Morgan fingerprint density at radius 2 is 2.00 bits per heavy atom. The molecule has 0 aromatic heterocycles. The lowest BCUT2D eigenvalue weighted by atomic mass is 10.0. The number of hydrogen-bond acceptors (Lipinski definition) is 3. The molecule has 15 heavy (non-hydrogen) atoms. The maximum atomic E-state index is 9.28. The van der Waals surface area contributed by atoms with Crippen molar-refractivity contribution in [3.63, 3.8) is 0 Å². The van der Waals surface area contributed by atoms with Crippen LogP contribution in [0.2, 0.25) is 0 Å². The van der Waals surface area contributed by atoms with Crippen LogP contribution in [-0.2, 0) is 4.74 Å². The van der Waals surface area contributed by atoms with E-state index >= 15 is 0 Å². The molecule has 1 aromatic carbocycles. The van der Waals surface area contributed by atoms with Gasteiger partial charge in [-0.1, -0.05) is 30.3 Å². The summed E-state index contributed by atoms with van der Waals surface area (Å²) in [7, 11) is 2.03. The molecule has 3 heteroatoms. The third-order valence-electron chi connectivity index (χ3n) is 3.06. The van der Waals surface area contributed by atoms with E-state index in [1.165, 1.54) is 5.56 Å². The summed E-state index contributed by atoms with van der Waals surface area (Å²) >= 11 is 0. The van der Waals surface area contributed by atoms with E-state index in [1.807, 2.05) is 32.2 Å². The van der Waals surface area contributed by atoms with Crippen LogP contribution in [0, 0.1) is 0 Å². The van der Waals surface area contributed by atoms with Crippen molar-refractivity contribution >= 4 is 0 Å². The van der Waals surface area contributed by atoms with Crippen LogP contribution in [0.5, 0.6) is 0 Å². The topological polar surface area (TPSA) is 32.7 Å². The normalized spacial score (nSPS) is 32.1. The first kappa shape index (κ1) is 10.6. The van der Waals surface area contributed by atoms with Gasteiger partial charge in [0.05, 0.1) is 12.6 Å². The molecular formula is C12H17NO2. The molecular weight excluding hydrogens is 190 g/mol. The highest BCUT2D eigenvalue weighted by molar-refractivity contribution is 5.21. The van der Waals surface area contributed by atoms with E-state index in [-0.39, 0.29) is 25.0 Å². The molecule has 82 valence electrons. The van der Waals surface area contributed by atoms with E-state index in [4.69, 9.17) is 4.74 Å². The lowest BCUT2D eigenvalue weighted by Crippen LogP contribution is -2.28. The highest BCUT2D eigenvalue weighted by Gasteiger charge is 2.37. The van der Waals surface area contributed by atoms with E-state index in [2.05, 4.69) is 17.0 Å². The Bertz CT molecular complexity index is 315. The molecule has 0 spiro atoms. The van der Waals surface area contributed by atoms with Gasteiger partial charge in [-0.25, -0.2) is 0 Å². The van der Waals surface area contributed by atoms with Crippen molar-refractivity contribution in [1.82, 2.24) is 4.90 Å². The van der Waals surface area contributed by atoms with E-state index in [9.17, 15) is 5.11 Å². The first-order valence-corrected chi connectivity index (χ1v) is 5.27. The van der Waals surface area contributed by atoms with E-state index in [0.717, 1.165) is 0 Å². The monoisotopic (exact) mass is 207 g/mol. The Morgan fingerprint density at radius 3 is 2.60 bits per heavy atom. The van der Waals surface area contributed by atoms with E-state index in [1.54, 1.807) is 0 Å². The van der Waals surface area contributed by atoms with Crippen LogP contribution in [0.4, 0.5) is 0 Å². The lowest BCUT2D eigenvalue weighted by Gasteiger charge is -2.23. The SMILES string of the molecule is CC1O[C@@H](CO)[C@@H](c2ccccc2)N1C. The van der Waals surface area contributed by atoms with Gasteiger partial charge in [-0.15, -0.1) is 0 Å². The van der Waals surface area contributed by atoms with Crippen LogP contribution in [-0.4, -0.2) is 36.0 Å². The molecule has 0 radical (unpaired) electrons. The Labute approximate surface area is 90.3 Å². The average molecular weight is 207 g/mol. The third-order valence-corrected chi connectivity index (χ3v) is 3.06. The second-order valence-corrected chi connectivity index (χ2v) is 3.98. The summed E-state index contributed by atoms with van der Waals surface area (Å²) in [6, 6.07) is 10.3. The number of benzene rings is 1. The van der Waals surface area contributed by atoms with Crippen LogP contribution in [0.1, 0.15) is 18.5 Å². The van der Waals surface area contributed by atoms with Crippen LogP contribution >= 0.6 is 0 Å². The van der Waals surface area contributed by atoms with Crippen molar-refractivity contribution < 1.29 is 9.84 Å². The van der Waals surface area contributed by atoms with Crippen molar-refractivity contribution in [3.8, 4) is 0 Å². The molecule has 1 unspecified atom stereocenters. The molecule has 1 aliphatic rings. The van der Waals surface area contributed by atoms with Gasteiger partial charge in [0.2, 0.25) is 0 Å². The fourth-order valence-electron chi connectivity index (χ4n) is 2.15. The smallest absolute Gasteiger partial charge is 0.108 e. The summed E-state index contributed by atoms with van der Waals surface area (Å²) in [5.74, 6) is 0. The van der Waals surface area contributed by atoms with Crippen molar-refractivity contribution in [1.29, 1.82) is 0 Å². The second kappa shape index (κ2) is 4.31. The number of ether oxygens (including phenoxy) is 1. The van der Waals surface area contributed by atoms with Crippen molar-refractivity contribution in [2.75, 3.05) is 13.7 Å². The van der Waals surface area contributed by atoms with Crippen LogP contribution < -0.4 is 0 Å². The van der Waals surface area contributed by atoms with Crippen molar-refractivity contribution in [2.45, 2.75) is 25.3 Å². The van der Waals surface area contributed by atoms with Crippen LogP contribution in [0.3, 0.4) is 0 Å². The van der Waals surface area contributed by atoms with Crippen molar-refractivity contribution in [3.05, 3.63) is 35.9 Å². The summed E-state index contributed by atoms with van der Waals surface area (Å²) in [6.45, 7) is 2.07. The molecule has 3 nitrogen and oxygen atoms in total. The van der Waals surface area contributed by atoms with Gasteiger partial charge >= 0.3 is 0 Å². The number of rotatable bonds is 2. The zero-order valence-corrected chi connectivity index (χ0v) is 9.13. The molecule has 0 aliphatic carbocycles. The molecule has 2 rings (SSSR count). The fraction of sp³-hybridized carbons (Fsp3) is 0.500.